The van der Waals surface area contributed by atoms with Gasteiger partial charge in [0.25, 0.3) is 0 Å². The molecule has 2 fully saturated rings. The SMILES string of the molecule is CCC1(CC2CNC(C)(C)O2)CC1. The molecule has 1 atom stereocenters. The van der Waals surface area contributed by atoms with Gasteiger partial charge in [0.15, 0.2) is 0 Å². The van der Waals surface area contributed by atoms with E-state index < -0.39 is 0 Å². The van der Waals surface area contributed by atoms with E-state index >= 15 is 0 Å². The Bertz CT molecular complexity index is 196. The molecule has 0 aromatic heterocycles. The quantitative estimate of drug-likeness (QED) is 0.725. The molecule has 1 N–H and O–H groups in total. The smallest absolute Gasteiger partial charge is 0.114 e. The Balaban J connectivity index is 1.84. The first-order valence-corrected chi connectivity index (χ1v) is 5.48. The second kappa shape index (κ2) is 2.96. The topological polar surface area (TPSA) is 21.3 Å². The Morgan fingerprint density at radius 1 is 1.38 bits per heavy atom. The van der Waals surface area contributed by atoms with Crippen LogP contribution in [0, 0.1) is 5.41 Å². The molecule has 2 nitrogen and oxygen atoms in total. The van der Waals surface area contributed by atoms with Gasteiger partial charge in [-0.15, -0.1) is 0 Å². The van der Waals surface area contributed by atoms with Crippen LogP contribution in [0.3, 0.4) is 0 Å². The Morgan fingerprint density at radius 2 is 2.08 bits per heavy atom. The van der Waals surface area contributed by atoms with Crippen LogP contribution in [-0.4, -0.2) is 18.4 Å². The lowest BCUT2D eigenvalue weighted by atomic mass is 9.96. The van der Waals surface area contributed by atoms with Crippen molar-refractivity contribution >= 4 is 0 Å². The maximum atomic E-state index is 5.92. The van der Waals surface area contributed by atoms with E-state index in [0.717, 1.165) is 6.54 Å². The summed E-state index contributed by atoms with van der Waals surface area (Å²) in [7, 11) is 0. The average molecular weight is 183 g/mol. The maximum Gasteiger partial charge on any atom is 0.114 e. The molecule has 0 radical (unpaired) electrons. The Kier molecular flexibility index (Phi) is 2.16. The summed E-state index contributed by atoms with van der Waals surface area (Å²) in [5.41, 5.74) is 0.571. The van der Waals surface area contributed by atoms with Crippen molar-refractivity contribution in [2.24, 2.45) is 5.41 Å². The van der Waals surface area contributed by atoms with Gasteiger partial charge in [-0.25, -0.2) is 0 Å². The van der Waals surface area contributed by atoms with Crippen molar-refractivity contribution in [2.45, 2.75) is 58.3 Å². The van der Waals surface area contributed by atoms with E-state index in [4.69, 9.17) is 4.74 Å². The molecular formula is C11H21NO. The van der Waals surface area contributed by atoms with Gasteiger partial charge in [0.05, 0.1) is 6.10 Å². The highest BCUT2D eigenvalue weighted by Crippen LogP contribution is 2.53. The highest BCUT2D eigenvalue weighted by atomic mass is 16.5. The van der Waals surface area contributed by atoms with E-state index in [1.165, 1.54) is 25.7 Å². The minimum atomic E-state index is -0.0888. The van der Waals surface area contributed by atoms with Crippen molar-refractivity contribution in [3.05, 3.63) is 0 Å². The summed E-state index contributed by atoms with van der Waals surface area (Å²) in [5.74, 6) is 0. The summed E-state index contributed by atoms with van der Waals surface area (Å²) >= 11 is 0. The fourth-order valence-electron chi connectivity index (χ4n) is 2.34. The van der Waals surface area contributed by atoms with Crippen molar-refractivity contribution in [1.29, 1.82) is 0 Å². The van der Waals surface area contributed by atoms with Crippen molar-refractivity contribution in [3.63, 3.8) is 0 Å². The van der Waals surface area contributed by atoms with Gasteiger partial charge in [-0.1, -0.05) is 13.3 Å². The Labute approximate surface area is 81.0 Å². The first-order chi connectivity index (χ1) is 6.05. The third-order valence-corrected chi connectivity index (χ3v) is 3.58. The van der Waals surface area contributed by atoms with Crippen LogP contribution in [0.25, 0.3) is 0 Å². The molecule has 2 heteroatoms. The lowest BCUT2D eigenvalue weighted by molar-refractivity contribution is -0.0331. The van der Waals surface area contributed by atoms with Gasteiger partial charge in [0, 0.05) is 6.54 Å². The minimum Gasteiger partial charge on any atom is -0.357 e. The van der Waals surface area contributed by atoms with Crippen LogP contribution in [0.5, 0.6) is 0 Å². The number of ether oxygens (including phenoxy) is 1. The van der Waals surface area contributed by atoms with E-state index in [1.54, 1.807) is 0 Å². The van der Waals surface area contributed by atoms with E-state index in [1.807, 2.05) is 0 Å². The Morgan fingerprint density at radius 3 is 2.46 bits per heavy atom. The lowest BCUT2D eigenvalue weighted by Crippen LogP contribution is -2.33. The van der Waals surface area contributed by atoms with Crippen LogP contribution >= 0.6 is 0 Å². The van der Waals surface area contributed by atoms with Gasteiger partial charge in [0.1, 0.15) is 5.72 Å². The largest absolute Gasteiger partial charge is 0.357 e. The standard InChI is InChI=1S/C11H21NO/c1-4-11(5-6-11)7-9-8-12-10(2,3)13-9/h9,12H,4-8H2,1-3H3. The zero-order chi connectivity index (χ0) is 9.53. The molecule has 1 aliphatic carbocycles. The summed E-state index contributed by atoms with van der Waals surface area (Å²) in [6.07, 6.45) is 5.89. The lowest BCUT2D eigenvalue weighted by Gasteiger charge is -2.21. The second-order valence-corrected chi connectivity index (χ2v) is 5.19. The van der Waals surface area contributed by atoms with Gasteiger partial charge < -0.3 is 4.74 Å². The summed E-state index contributed by atoms with van der Waals surface area (Å²) < 4.78 is 5.92. The molecule has 1 heterocycles. The van der Waals surface area contributed by atoms with Gasteiger partial charge in [-0.3, -0.25) is 5.32 Å². The van der Waals surface area contributed by atoms with Gasteiger partial charge in [-0.2, -0.15) is 0 Å². The molecule has 1 saturated carbocycles. The molecule has 0 spiro atoms. The maximum absolute atomic E-state index is 5.92. The number of hydrogen-bond acceptors (Lipinski definition) is 2. The zero-order valence-electron chi connectivity index (χ0n) is 9.02. The summed E-state index contributed by atoms with van der Waals surface area (Å²) in [6.45, 7) is 7.56. The van der Waals surface area contributed by atoms with Crippen molar-refractivity contribution in [1.82, 2.24) is 5.32 Å². The normalized spacial score (nSPS) is 34.8. The fraction of sp³-hybridized carbons (Fsp3) is 1.00. The number of rotatable bonds is 3. The highest BCUT2D eigenvalue weighted by molar-refractivity contribution is 4.96. The third-order valence-electron chi connectivity index (χ3n) is 3.58. The van der Waals surface area contributed by atoms with E-state index in [-0.39, 0.29) is 5.72 Å². The first kappa shape index (κ1) is 9.47. The Hall–Kier alpha value is -0.0800. The predicted octanol–water partition coefficient (Wildman–Crippen LogP) is 2.29. The zero-order valence-corrected chi connectivity index (χ0v) is 9.02. The summed E-state index contributed by atoms with van der Waals surface area (Å²) in [5, 5.41) is 3.40. The van der Waals surface area contributed by atoms with Crippen molar-refractivity contribution in [3.8, 4) is 0 Å². The molecule has 1 unspecified atom stereocenters. The number of hydrogen-bond donors (Lipinski definition) is 1. The molecule has 0 bridgehead atoms. The van der Waals surface area contributed by atoms with Gasteiger partial charge >= 0.3 is 0 Å². The van der Waals surface area contributed by atoms with Crippen LogP contribution in [0.15, 0.2) is 0 Å². The van der Waals surface area contributed by atoms with Crippen LogP contribution in [0.1, 0.15) is 46.5 Å². The second-order valence-electron chi connectivity index (χ2n) is 5.19. The molecule has 1 saturated heterocycles. The minimum absolute atomic E-state index is 0.0888. The molecular weight excluding hydrogens is 162 g/mol. The first-order valence-electron chi connectivity index (χ1n) is 5.48. The molecule has 0 aromatic rings. The summed E-state index contributed by atoms with van der Waals surface area (Å²) in [4.78, 5) is 0. The molecule has 0 aromatic carbocycles. The van der Waals surface area contributed by atoms with Gasteiger partial charge in [-0.05, 0) is 38.5 Å². The summed E-state index contributed by atoms with van der Waals surface area (Å²) in [6, 6.07) is 0. The van der Waals surface area contributed by atoms with Crippen molar-refractivity contribution < 1.29 is 4.74 Å². The fourth-order valence-corrected chi connectivity index (χ4v) is 2.34. The molecule has 13 heavy (non-hydrogen) atoms. The monoisotopic (exact) mass is 183 g/mol. The van der Waals surface area contributed by atoms with E-state index in [2.05, 4.69) is 26.1 Å². The van der Waals surface area contributed by atoms with E-state index in [0.29, 0.717) is 11.5 Å². The molecule has 76 valence electrons. The number of nitrogens with one attached hydrogen (secondary N) is 1. The third kappa shape index (κ3) is 2.05. The molecule has 0 amide bonds. The van der Waals surface area contributed by atoms with Crippen LogP contribution in [0.2, 0.25) is 0 Å². The van der Waals surface area contributed by atoms with Crippen LogP contribution in [0.4, 0.5) is 0 Å². The molecule has 2 aliphatic rings. The predicted molar refractivity (Wildman–Crippen MR) is 53.5 cm³/mol. The molecule has 2 rings (SSSR count). The average Bonchev–Trinajstić information content (AvgIpc) is 2.74. The van der Waals surface area contributed by atoms with Crippen LogP contribution in [-0.2, 0) is 4.74 Å². The highest BCUT2D eigenvalue weighted by Gasteiger charge is 2.44. The van der Waals surface area contributed by atoms with Crippen LogP contribution < -0.4 is 5.32 Å². The van der Waals surface area contributed by atoms with Crippen molar-refractivity contribution in [2.75, 3.05) is 6.54 Å². The van der Waals surface area contributed by atoms with E-state index in [9.17, 15) is 0 Å². The molecule has 1 aliphatic heterocycles. The van der Waals surface area contributed by atoms with Gasteiger partial charge in [0.2, 0.25) is 0 Å².